The topological polar surface area (TPSA) is 54.3 Å². The quantitative estimate of drug-likeness (QED) is 0.490. The minimum atomic E-state index is -1.18. The second-order valence-corrected chi connectivity index (χ2v) is 6.26. The van der Waals surface area contributed by atoms with Gasteiger partial charge in [0, 0.05) is 26.1 Å². The SMILES string of the molecule is CC(=NC1(Cc2ccccc2)C(=O)ON=C1c1ccccc1)N(C)C. The van der Waals surface area contributed by atoms with Crippen LogP contribution in [0.5, 0.6) is 0 Å². The molecule has 1 atom stereocenters. The van der Waals surface area contributed by atoms with Crippen molar-refractivity contribution in [2.24, 2.45) is 10.1 Å². The molecule has 0 fully saturated rings. The summed E-state index contributed by atoms with van der Waals surface area (Å²) in [5.41, 5.74) is 1.19. The molecule has 1 aliphatic heterocycles. The summed E-state index contributed by atoms with van der Waals surface area (Å²) in [4.78, 5) is 24.5. The van der Waals surface area contributed by atoms with Crippen LogP contribution in [0.3, 0.4) is 0 Å². The molecule has 2 aromatic rings. The predicted molar refractivity (Wildman–Crippen MR) is 98.7 cm³/mol. The number of nitrogens with zero attached hydrogens (tertiary/aromatic N) is 3. The van der Waals surface area contributed by atoms with Crippen LogP contribution in [0.4, 0.5) is 0 Å². The maximum Gasteiger partial charge on any atom is 0.368 e. The van der Waals surface area contributed by atoms with Crippen molar-refractivity contribution in [1.29, 1.82) is 0 Å². The summed E-state index contributed by atoms with van der Waals surface area (Å²) in [6.45, 7) is 1.88. The van der Waals surface area contributed by atoms with Crippen molar-refractivity contribution in [3.63, 3.8) is 0 Å². The summed E-state index contributed by atoms with van der Waals surface area (Å²) in [6.07, 6.45) is 0.394. The zero-order valence-corrected chi connectivity index (χ0v) is 14.6. The van der Waals surface area contributed by atoms with Gasteiger partial charge in [0.15, 0.2) is 0 Å². The number of rotatable bonds is 4. The number of carbonyl (C=O) groups is 1. The molecule has 1 aliphatic rings. The van der Waals surface area contributed by atoms with Crippen LogP contribution in [0.15, 0.2) is 70.8 Å². The van der Waals surface area contributed by atoms with Crippen LogP contribution in [-0.4, -0.2) is 42.1 Å². The molecule has 3 rings (SSSR count). The van der Waals surface area contributed by atoms with Gasteiger partial charge in [0.25, 0.3) is 0 Å². The highest BCUT2D eigenvalue weighted by Gasteiger charge is 2.51. The molecule has 128 valence electrons. The molecule has 1 unspecified atom stereocenters. The van der Waals surface area contributed by atoms with E-state index >= 15 is 0 Å². The van der Waals surface area contributed by atoms with Crippen molar-refractivity contribution in [2.75, 3.05) is 14.1 Å². The fraction of sp³-hybridized carbons (Fsp3) is 0.250. The van der Waals surface area contributed by atoms with Crippen LogP contribution in [-0.2, 0) is 16.1 Å². The lowest BCUT2D eigenvalue weighted by Gasteiger charge is -2.25. The molecular formula is C20H21N3O2. The smallest absolute Gasteiger partial charge is 0.367 e. The van der Waals surface area contributed by atoms with Crippen molar-refractivity contribution in [2.45, 2.75) is 18.9 Å². The molecule has 0 amide bonds. The lowest BCUT2D eigenvalue weighted by atomic mass is 9.83. The molecule has 0 radical (unpaired) electrons. The van der Waals surface area contributed by atoms with E-state index in [1.54, 1.807) is 0 Å². The van der Waals surface area contributed by atoms with Gasteiger partial charge in [0.05, 0.1) is 5.84 Å². The summed E-state index contributed by atoms with van der Waals surface area (Å²) < 4.78 is 0. The first-order valence-corrected chi connectivity index (χ1v) is 8.16. The molecule has 0 aromatic heterocycles. The van der Waals surface area contributed by atoms with Crippen LogP contribution in [0, 0.1) is 0 Å². The van der Waals surface area contributed by atoms with Crippen molar-refractivity contribution in [3.8, 4) is 0 Å². The Labute approximate surface area is 147 Å². The van der Waals surface area contributed by atoms with Gasteiger partial charge in [-0.3, -0.25) is 0 Å². The van der Waals surface area contributed by atoms with Crippen LogP contribution >= 0.6 is 0 Å². The summed E-state index contributed by atoms with van der Waals surface area (Å²) in [7, 11) is 3.79. The Kier molecular flexibility index (Phi) is 4.65. The van der Waals surface area contributed by atoms with Gasteiger partial charge in [-0.1, -0.05) is 65.8 Å². The molecule has 0 N–H and O–H groups in total. The Morgan fingerprint density at radius 3 is 2.28 bits per heavy atom. The van der Waals surface area contributed by atoms with Gasteiger partial charge in [-0.25, -0.2) is 9.79 Å². The van der Waals surface area contributed by atoms with Crippen LogP contribution < -0.4 is 0 Å². The Morgan fingerprint density at radius 2 is 1.68 bits per heavy atom. The second kappa shape index (κ2) is 6.89. The molecule has 1 heterocycles. The van der Waals surface area contributed by atoms with Gasteiger partial charge in [0.1, 0.15) is 5.71 Å². The normalized spacial score (nSPS) is 20.2. The zero-order valence-electron chi connectivity index (χ0n) is 14.6. The summed E-state index contributed by atoms with van der Waals surface area (Å²) in [6, 6.07) is 19.4. The lowest BCUT2D eigenvalue weighted by molar-refractivity contribution is -0.144. The van der Waals surface area contributed by atoms with Gasteiger partial charge in [-0.05, 0) is 12.5 Å². The Morgan fingerprint density at radius 1 is 1.08 bits per heavy atom. The molecule has 0 saturated carbocycles. The highest BCUT2D eigenvalue weighted by atomic mass is 16.7. The van der Waals surface area contributed by atoms with E-state index in [-0.39, 0.29) is 0 Å². The summed E-state index contributed by atoms with van der Waals surface area (Å²) in [5.74, 6) is 0.287. The Hall–Kier alpha value is -2.95. The van der Waals surface area contributed by atoms with Gasteiger partial charge in [-0.2, -0.15) is 0 Å². The highest BCUT2D eigenvalue weighted by Crippen LogP contribution is 2.31. The molecule has 0 spiro atoms. The van der Waals surface area contributed by atoms with Gasteiger partial charge < -0.3 is 9.74 Å². The van der Waals surface area contributed by atoms with Crippen molar-refractivity contribution < 1.29 is 9.63 Å². The molecule has 5 heteroatoms. The van der Waals surface area contributed by atoms with E-state index in [0.29, 0.717) is 12.1 Å². The molecular weight excluding hydrogens is 314 g/mol. The van der Waals surface area contributed by atoms with E-state index in [9.17, 15) is 4.79 Å². The minimum Gasteiger partial charge on any atom is -0.367 e. The molecule has 5 nitrogen and oxygen atoms in total. The van der Waals surface area contributed by atoms with Crippen LogP contribution in [0.25, 0.3) is 0 Å². The molecule has 0 aliphatic carbocycles. The fourth-order valence-corrected chi connectivity index (χ4v) is 2.78. The fourth-order valence-electron chi connectivity index (χ4n) is 2.78. The first kappa shape index (κ1) is 16.9. The van der Waals surface area contributed by atoms with E-state index in [2.05, 4.69) is 5.16 Å². The maximum absolute atomic E-state index is 12.8. The average molecular weight is 335 g/mol. The van der Waals surface area contributed by atoms with Crippen molar-refractivity contribution >= 4 is 17.5 Å². The number of oxime groups is 1. The van der Waals surface area contributed by atoms with E-state index in [1.165, 1.54) is 0 Å². The number of benzene rings is 2. The lowest BCUT2D eigenvalue weighted by Crippen LogP contribution is -2.45. The van der Waals surface area contributed by atoms with Gasteiger partial charge in [0.2, 0.25) is 5.54 Å². The van der Waals surface area contributed by atoms with E-state index in [4.69, 9.17) is 9.83 Å². The minimum absolute atomic E-state index is 0.394. The summed E-state index contributed by atoms with van der Waals surface area (Å²) in [5, 5.41) is 4.09. The predicted octanol–water partition coefficient (Wildman–Crippen LogP) is 2.91. The van der Waals surface area contributed by atoms with Crippen molar-refractivity contribution in [3.05, 3.63) is 71.8 Å². The number of hydrogen-bond donors (Lipinski definition) is 0. The van der Waals surface area contributed by atoms with E-state index in [1.807, 2.05) is 86.6 Å². The third-order valence-electron chi connectivity index (χ3n) is 4.30. The number of amidine groups is 1. The summed E-state index contributed by atoms with van der Waals surface area (Å²) >= 11 is 0. The first-order chi connectivity index (χ1) is 12.0. The van der Waals surface area contributed by atoms with Gasteiger partial charge >= 0.3 is 5.97 Å². The zero-order chi connectivity index (χ0) is 17.9. The average Bonchev–Trinajstić information content (AvgIpc) is 2.92. The van der Waals surface area contributed by atoms with Crippen LogP contribution in [0.2, 0.25) is 0 Å². The number of hydrogen-bond acceptors (Lipinski definition) is 4. The van der Waals surface area contributed by atoms with E-state index in [0.717, 1.165) is 17.0 Å². The second-order valence-electron chi connectivity index (χ2n) is 6.26. The maximum atomic E-state index is 12.8. The van der Waals surface area contributed by atoms with E-state index < -0.39 is 11.5 Å². The molecule has 0 saturated heterocycles. The van der Waals surface area contributed by atoms with Crippen molar-refractivity contribution in [1.82, 2.24) is 4.90 Å². The molecule has 0 bridgehead atoms. The standard InChI is InChI=1S/C20H21N3O2/c1-15(23(2)3)21-20(14-16-10-6-4-7-11-16)18(22-25-19(20)24)17-12-8-5-9-13-17/h4-13H,14H2,1-3H3. The Balaban J connectivity index is 2.13. The number of carbonyl (C=O) groups excluding carboxylic acids is 1. The first-order valence-electron chi connectivity index (χ1n) is 8.16. The Bertz CT molecular complexity index is 813. The largest absolute Gasteiger partial charge is 0.368 e. The van der Waals surface area contributed by atoms with Crippen LogP contribution in [0.1, 0.15) is 18.1 Å². The third kappa shape index (κ3) is 3.31. The molecule has 25 heavy (non-hydrogen) atoms. The van der Waals surface area contributed by atoms with Gasteiger partial charge in [-0.15, -0.1) is 0 Å². The monoisotopic (exact) mass is 335 g/mol. The number of aliphatic imine (C=N–C) groups is 1. The third-order valence-corrected chi connectivity index (χ3v) is 4.30. The highest BCUT2D eigenvalue weighted by molar-refractivity contribution is 6.22. The molecule has 2 aromatic carbocycles.